The summed E-state index contributed by atoms with van der Waals surface area (Å²) >= 11 is 0. The summed E-state index contributed by atoms with van der Waals surface area (Å²) in [6.07, 6.45) is 2.17. The Morgan fingerprint density at radius 3 is 2.43 bits per heavy atom. The first-order valence-corrected chi connectivity index (χ1v) is 7.73. The van der Waals surface area contributed by atoms with Gasteiger partial charge in [0.05, 0.1) is 24.6 Å². The smallest absolute Gasteiger partial charge is 0.228 e. The molecule has 3 rings (SSSR count). The third-order valence-corrected chi connectivity index (χ3v) is 4.21. The van der Waals surface area contributed by atoms with E-state index >= 15 is 0 Å². The van der Waals surface area contributed by atoms with Crippen LogP contribution in [0.1, 0.15) is 23.3 Å². The Labute approximate surface area is 135 Å². The van der Waals surface area contributed by atoms with E-state index in [2.05, 4.69) is 10.6 Å². The molecule has 120 valence electrons. The average Bonchev–Trinajstić information content (AvgIpc) is 3.16. The number of aryl methyl sites for hydroxylation is 2. The van der Waals surface area contributed by atoms with Crippen molar-refractivity contribution in [2.24, 2.45) is 11.8 Å². The molecule has 0 saturated heterocycles. The van der Waals surface area contributed by atoms with Crippen molar-refractivity contribution in [1.82, 2.24) is 5.32 Å². The van der Waals surface area contributed by atoms with Gasteiger partial charge in [0.15, 0.2) is 0 Å². The molecule has 1 aromatic heterocycles. The third-order valence-electron chi connectivity index (χ3n) is 4.21. The van der Waals surface area contributed by atoms with Gasteiger partial charge in [0.2, 0.25) is 11.8 Å². The molecule has 0 radical (unpaired) electrons. The highest BCUT2D eigenvalue weighted by Gasteiger charge is 2.48. The largest absolute Gasteiger partial charge is 0.467 e. The first kappa shape index (κ1) is 15.3. The maximum absolute atomic E-state index is 12.3. The van der Waals surface area contributed by atoms with Crippen LogP contribution in [0.3, 0.4) is 0 Å². The van der Waals surface area contributed by atoms with Gasteiger partial charge in [-0.25, -0.2) is 0 Å². The lowest BCUT2D eigenvalue weighted by Gasteiger charge is -2.11. The SMILES string of the molecule is Cc1cccc(C)c1NC(=O)C1CC1C(=O)NCc1ccco1. The number of rotatable bonds is 5. The highest BCUT2D eigenvalue weighted by Crippen LogP contribution is 2.40. The molecule has 5 heteroatoms. The van der Waals surface area contributed by atoms with Crippen LogP contribution in [0.15, 0.2) is 41.0 Å². The van der Waals surface area contributed by atoms with Crippen molar-refractivity contribution >= 4 is 17.5 Å². The molecule has 1 fully saturated rings. The minimum absolute atomic E-state index is 0.0828. The Hall–Kier alpha value is -2.56. The van der Waals surface area contributed by atoms with Gasteiger partial charge in [0, 0.05) is 5.69 Å². The lowest BCUT2D eigenvalue weighted by atomic mass is 10.1. The summed E-state index contributed by atoms with van der Waals surface area (Å²) in [6.45, 7) is 4.28. The molecule has 5 nitrogen and oxygen atoms in total. The van der Waals surface area contributed by atoms with E-state index in [0.717, 1.165) is 16.8 Å². The van der Waals surface area contributed by atoms with E-state index in [4.69, 9.17) is 4.42 Å². The summed E-state index contributed by atoms with van der Waals surface area (Å²) in [5, 5.41) is 5.76. The summed E-state index contributed by atoms with van der Waals surface area (Å²) in [7, 11) is 0. The number of hydrogen-bond donors (Lipinski definition) is 2. The molecule has 2 unspecified atom stereocenters. The van der Waals surface area contributed by atoms with Crippen LogP contribution < -0.4 is 10.6 Å². The predicted octanol–water partition coefficient (Wildman–Crippen LogP) is 2.79. The second-order valence-electron chi connectivity index (χ2n) is 6.00. The molecule has 2 amide bonds. The van der Waals surface area contributed by atoms with E-state index in [1.807, 2.05) is 32.0 Å². The fourth-order valence-corrected chi connectivity index (χ4v) is 2.72. The monoisotopic (exact) mass is 312 g/mol. The van der Waals surface area contributed by atoms with Crippen molar-refractivity contribution in [2.45, 2.75) is 26.8 Å². The summed E-state index contributed by atoms with van der Waals surface area (Å²) < 4.78 is 5.17. The number of anilines is 1. The zero-order chi connectivity index (χ0) is 16.4. The van der Waals surface area contributed by atoms with Crippen LogP contribution in [0.25, 0.3) is 0 Å². The van der Waals surface area contributed by atoms with E-state index in [1.54, 1.807) is 18.4 Å². The van der Waals surface area contributed by atoms with Crippen LogP contribution in [0.2, 0.25) is 0 Å². The molecule has 2 atom stereocenters. The number of carbonyl (C=O) groups excluding carboxylic acids is 2. The predicted molar refractivity (Wildman–Crippen MR) is 86.7 cm³/mol. The van der Waals surface area contributed by atoms with Crippen LogP contribution >= 0.6 is 0 Å². The fourth-order valence-electron chi connectivity index (χ4n) is 2.72. The van der Waals surface area contributed by atoms with Crippen LogP contribution in [0.4, 0.5) is 5.69 Å². The molecule has 1 aliphatic rings. The van der Waals surface area contributed by atoms with Crippen molar-refractivity contribution < 1.29 is 14.0 Å². The van der Waals surface area contributed by atoms with Gasteiger partial charge in [-0.1, -0.05) is 18.2 Å². The van der Waals surface area contributed by atoms with Gasteiger partial charge in [0.1, 0.15) is 5.76 Å². The van der Waals surface area contributed by atoms with Gasteiger partial charge in [-0.3, -0.25) is 9.59 Å². The number of amides is 2. The molecule has 0 spiro atoms. The van der Waals surface area contributed by atoms with E-state index in [0.29, 0.717) is 18.7 Å². The van der Waals surface area contributed by atoms with Gasteiger partial charge >= 0.3 is 0 Å². The quantitative estimate of drug-likeness (QED) is 0.892. The number of benzene rings is 1. The minimum atomic E-state index is -0.245. The maximum atomic E-state index is 12.3. The molecule has 23 heavy (non-hydrogen) atoms. The van der Waals surface area contributed by atoms with Crippen molar-refractivity contribution in [2.75, 3.05) is 5.32 Å². The van der Waals surface area contributed by atoms with Crippen molar-refractivity contribution in [3.8, 4) is 0 Å². The molecule has 1 heterocycles. The average molecular weight is 312 g/mol. The zero-order valence-electron chi connectivity index (χ0n) is 13.3. The molecule has 1 aliphatic carbocycles. The van der Waals surface area contributed by atoms with E-state index in [1.165, 1.54) is 0 Å². The Balaban J connectivity index is 1.53. The molecule has 2 aromatic rings. The third kappa shape index (κ3) is 3.44. The fraction of sp³-hybridized carbons (Fsp3) is 0.333. The standard InChI is InChI=1S/C18H20N2O3/c1-11-5-3-6-12(2)16(11)20-18(22)15-9-14(15)17(21)19-10-13-7-4-8-23-13/h3-8,14-15H,9-10H2,1-2H3,(H,19,21)(H,20,22). The first-order chi connectivity index (χ1) is 11.1. The molecule has 1 saturated carbocycles. The molecule has 0 bridgehead atoms. The lowest BCUT2D eigenvalue weighted by molar-refractivity contribution is -0.125. The Morgan fingerprint density at radius 2 is 1.78 bits per heavy atom. The summed E-state index contributed by atoms with van der Waals surface area (Å²) in [4.78, 5) is 24.4. The highest BCUT2D eigenvalue weighted by molar-refractivity contribution is 6.00. The number of furan rings is 1. The van der Waals surface area contributed by atoms with Gasteiger partial charge < -0.3 is 15.1 Å². The number of hydrogen-bond acceptors (Lipinski definition) is 3. The second kappa shape index (κ2) is 6.28. The molecular weight excluding hydrogens is 292 g/mol. The Kier molecular flexibility index (Phi) is 4.19. The van der Waals surface area contributed by atoms with Gasteiger partial charge in [0.25, 0.3) is 0 Å². The zero-order valence-corrected chi connectivity index (χ0v) is 13.3. The number of nitrogens with one attached hydrogen (secondary N) is 2. The Morgan fingerprint density at radius 1 is 1.09 bits per heavy atom. The van der Waals surface area contributed by atoms with Gasteiger partial charge in [-0.2, -0.15) is 0 Å². The Bertz CT molecular complexity index is 702. The van der Waals surface area contributed by atoms with Crippen LogP contribution in [-0.4, -0.2) is 11.8 Å². The molecule has 0 aliphatic heterocycles. The first-order valence-electron chi connectivity index (χ1n) is 7.73. The summed E-state index contributed by atoms with van der Waals surface area (Å²) in [6, 6.07) is 9.46. The second-order valence-corrected chi connectivity index (χ2v) is 6.00. The molecule has 2 N–H and O–H groups in total. The van der Waals surface area contributed by atoms with Crippen LogP contribution in [-0.2, 0) is 16.1 Å². The topological polar surface area (TPSA) is 71.3 Å². The highest BCUT2D eigenvalue weighted by atomic mass is 16.3. The number of para-hydroxylation sites is 1. The maximum Gasteiger partial charge on any atom is 0.228 e. The summed E-state index contributed by atoms with van der Waals surface area (Å²) in [5.41, 5.74) is 2.90. The van der Waals surface area contributed by atoms with Crippen molar-refractivity contribution in [3.63, 3.8) is 0 Å². The van der Waals surface area contributed by atoms with Gasteiger partial charge in [-0.05, 0) is 43.5 Å². The van der Waals surface area contributed by atoms with Crippen molar-refractivity contribution in [3.05, 3.63) is 53.5 Å². The van der Waals surface area contributed by atoms with E-state index in [9.17, 15) is 9.59 Å². The van der Waals surface area contributed by atoms with Crippen LogP contribution in [0.5, 0.6) is 0 Å². The lowest BCUT2D eigenvalue weighted by Crippen LogP contribution is -2.27. The van der Waals surface area contributed by atoms with Crippen molar-refractivity contribution in [1.29, 1.82) is 0 Å². The van der Waals surface area contributed by atoms with Crippen LogP contribution in [0, 0.1) is 25.7 Å². The summed E-state index contributed by atoms with van der Waals surface area (Å²) in [5.74, 6) is 0.0408. The molecule has 1 aromatic carbocycles. The number of carbonyl (C=O) groups is 2. The molecular formula is C18H20N2O3. The minimum Gasteiger partial charge on any atom is -0.467 e. The van der Waals surface area contributed by atoms with Gasteiger partial charge in [-0.15, -0.1) is 0 Å². The van der Waals surface area contributed by atoms with E-state index in [-0.39, 0.29) is 23.7 Å². The normalized spacial score (nSPS) is 19.2. The van der Waals surface area contributed by atoms with E-state index < -0.39 is 0 Å².